The van der Waals surface area contributed by atoms with Crippen molar-refractivity contribution < 1.29 is 33.3 Å². The lowest BCUT2D eigenvalue weighted by molar-refractivity contribution is -0.144. The summed E-state index contributed by atoms with van der Waals surface area (Å²) in [5, 5.41) is 0. The van der Waals surface area contributed by atoms with Gasteiger partial charge in [0.1, 0.15) is 18.1 Å². The van der Waals surface area contributed by atoms with Gasteiger partial charge < -0.3 is 18.9 Å². The van der Waals surface area contributed by atoms with Gasteiger partial charge >= 0.3 is 17.9 Å². The molecule has 7 heteroatoms. The second-order valence-corrected chi connectivity index (χ2v) is 5.55. The van der Waals surface area contributed by atoms with E-state index in [9.17, 15) is 14.4 Å². The van der Waals surface area contributed by atoms with Gasteiger partial charge in [0.25, 0.3) is 0 Å². The van der Waals surface area contributed by atoms with E-state index >= 15 is 0 Å². The molecule has 2 rings (SSSR count). The monoisotopic (exact) mass is 406 g/mol. The van der Waals surface area contributed by atoms with Crippen molar-refractivity contribution in [1.82, 2.24) is 0 Å². The van der Waals surface area contributed by atoms with Crippen LogP contribution >= 0.6 is 0 Å². The summed E-state index contributed by atoms with van der Waals surface area (Å²) in [7, 11) is 0. The molecule has 0 radical (unpaired) electrons. The van der Waals surface area contributed by atoms with Gasteiger partial charge in [-0.25, -0.2) is 14.4 Å². The van der Waals surface area contributed by atoms with Crippen LogP contribution in [-0.2, 0) is 30.5 Å². The van der Waals surface area contributed by atoms with E-state index in [1.54, 1.807) is 36.4 Å². The summed E-state index contributed by atoms with van der Waals surface area (Å²) in [5.74, 6) is 3.96. The molecule has 0 fully saturated rings. The lowest BCUT2D eigenvalue weighted by Crippen LogP contribution is -2.08. The van der Waals surface area contributed by atoms with Crippen molar-refractivity contribution >= 4 is 17.9 Å². The average Bonchev–Trinajstić information content (AvgIpc) is 2.77. The molecular formula is C23H18O7. The first-order chi connectivity index (χ1) is 14.5. The van der Waals surface area contributed by atoms with Crippen molar-refractivity contribution in [2.24, 2.45) is 0 Å². The highest BCUT2D eigenvalue weighted by molar-refractivity contribution is 5.90. The first-order valence-electron chi connectivity index (χ1n) is 8.64. The smallest absolute Gasteiger partial charge is 0.390 e. The van der Waals surface area contributed by atoms with E-state index in [1.165, 1.54) is 12.1 Å². The maximum atomic E-state index is 11.9. The van der Waals surface area contributed by atoms with Crippen molar-refractivity contribution in [2.45, 2.75) is 6.61 Å². The number of hydrogen-bond donors (Lipinski definition) is 0. The molecule has 0 aliphatic carbocycles. The third-order valence-corrected chi connectivity index (χ3v) is 3.44. The molecule has 152 valence electrons. The Morgan fingerprint density at radius 1 is 0.833 bits per heavy atom. The molecular weight excluding hydrogens is 388 g/mol. The summed E-state index contributed by atoms with van der Waals surface area (Å²) < 4.78 is 19.9. The zero-order valence-electron chi connectivity index (χ0n) is 16.0. The molecule has 2 aromatic carbocycles. The quantitative estimate of drug-likeness (QED) is 0.219. The summed E-state index contributed by atoms with van der Waals surface area (Å²) in [6, 6.07) is 13.0. The fraction of sp³-hybridized carbons (Fsp3) is 0.0870. The summed E-state index contributed by atoms with van der Waals surface area (Å²) in [5.41, 5.74) is 1.38. The van der Waals surface area contributed by atoms with E-state index in [1.807, 2.05) is 0 Å². The summed E-state index contributed by atoms with van der Waals surface area (Å²) >= 11 is 0. The number of carbonyl (C=O) groups is 3. The van der Waals surface area contributed by atoms with Crippen molar-refractivity contribution in [3.63, 3.8) is 0 Å². The van der Waals surface area contributed by atoms with Gasteiger partial charge in [0.2, 0.25) is 6.79 Å². The highest BCUT2D eigenvalue weighted by Gasteiger charge is 2.03. The van der Waals surface area contributed by atoms with Crippen molar-refractivity contribution in [1.29, 1.82) is 0 Å². The molecule has 2 aromatic rings. The normalized spacial score (nSPS) is 9.33. The van der Waals surface area contributed by atoms with Crippen molar-refractivity contribution in [3.8, 4) is 23.3 Å². The molecule has 0 spiro atoms. The Kier molecular flexibility index (Phi) is 8.44. The van der Waals surface area contributed by atoms with Gasteiger partial charge in [-0.3, -0.25) is 0 Å². The standard InChI is InChI=1S/C23H18O7/c1-3-21(24)27-15-18-7-5-17(6-8-18)9-14-23(26)30-20-12-10-19(11-13-20)28-16-29-22(25)4-2/h3-8,10-13H,1-2,15-16H2. The third kappa shape index (κ3) is 7.74. The second kappa shape index (κ2) is 11.5. The summed E-state index contributed by atoms with van der Waals surface area (Å²) in [4.78, 5) is 33.8. The number of carbonyl (C=O) groups excluding carboxylic acids is 3. The molecule has 0 unspecified atom stereocenters. The highest BCUT2D eigenvalue weighted by Crippen LogP contribution is 2.17. The Balaban J connectivity index is 1.83. The molecule has 0 bridgehead atoms. The minimum absolute atomic E-state index is 0.122. The van der Waals surface area contributed by atoms with Crippen LogP contribution in [0, 0.1) is 11.8 Å². The number of rotatable bonds is 8. The SMILES string of the molecule is C=CC(=O)OCOc1ccc(OC(=O)C#Cc2ccc(COC(=O)C=C)cc2)cc1. The highest BCUT2D eigenvalue weighted by atomic mass is 16.7. The van der Waals surface area contributed by atoms with Crippen LogP contribution in [0.3, 0.4) is 0 Å². The first kappa shape index (κ1) is 22.0. The predicted molar refractivity (Wildman–Crippen MR) is 107 cm³/mol. The maximum Gasteiger partial charge on any atom is 0.390 e. The summed E-state index contributed by atoms with van der Waals surface area (Å²) in [6.45, 7) is 6.45. The summed E-state index contributed by atoms with van der Waals surface area (Å²) in [6.07, 6.45) is 2.12. The van der Waals surface area contributed by atoms with Gasteiger partial charge in [0.05, 0.1) is 0 Å². The molecule has 0 N–H and O–H groups in total. The molecule has 30 heavy (non-hydrogen) atoms. The van der Waals surface area contributed by atoms with Crippen LogP contribution in [0.2, 0.25) is 0 Å². The van der Waals surface area contributed by atoms with Crippen LogP contribution < -0.4 is 9.47 Å². The minimum atomic E-state index is -0.729. The Morgan fingerprint density at radius 3 is 2.07 bits per heavy atom. The van der Waals surface area contributed by atoms with E-state index in [2.05, 4.69) is 25.0 Å². The Hall–Kier alpha value is -4.31. The molecule has 0 aliphatic rings. The van der Waals surface area contributed by atoms with Crippen molar-refractivity contribution in [2.75, 3.05) is 6.79 Å². The largest absolute Gasteiger partial charge is 0.458 e. The maximum absolute atomic E-state index is 11.9. The Labute approximate surface area is 173 Å². The molecule has 0 aliphatic heterocycles. The lowest BCUT2D eigenvalue weighted by atomic mass is 10.1. The molecule has 0 atom stereocenters. The van der Waals surface area contributed by atoms with Gasteiger partial charge in [0.15, 0.2) is 0 Å². The van der Waals surface area contributed by atoms with E-state index in [0.29, 0.717) is 11.3 Å². The zero-order chi connectivity index (χ0) is 21.8. The zero-order valence-corrected chi connectivity index (χ0v) is 16.0. The van der Waals surface area contributed by atoms with Crippen LogP contribution in [0.15, 0.2) is 73.8 Å². The fourth-order valence-corrected chi connectivity index (χ4v) is 1.97. The van der Waals surface area contributed by atoms with Crippen LogP contribution in [0.4, 0.5) is 0 Å². The van der Waals surface area contributed by atoms with E-state index in [-0.39, 0.29) is 19.1 Å². The number of hydrogen-bond acceptors (Lipinski definition) is 7. The van der Waals surface area contributed by atoms with Gasteiger partial charge in [-0.2, -0.15) is 0 Å². The molecule has 0 saturated carbocycles. The van der Waals surface area contributed by atoms with Crippen molar-refractivity contribution in [3.05, 3.63) is 85.0 Å². The van der Waals surface area contributed by atoms with Crippen LogP contribution in [0.1, 0.15) is 11.1 Å². The number of ether oxygens (including phenoxy) is 4. The van der Waals surface area contributed by atoms with Crippen LogP contribution in [0.5, 0.6) is 11.5 Å². The lowest BCUT2D eigenvalue weighted by Gasteiger charge is -2.06. The molecule has 0 saturated heterocycles. The van der Waals surface area contributed by atoms with Gasteiger partial charge in [-0.15, -0.1) is 0 Å². The number of esters is 3. The van der Waals surface area contributed by atoms with Crippen LogP contribution in [-0.4, -0.2) is 24.7 Å². The molecule has 7 nitrogen and oxygen atoms in total. The molecule has 0 heterocycles. The topological polar surface area (TPSA) is 88.1 Å². The average molecular weight is 406 g/mol. The predicted octanol–water partition coefficient (Wildman–Crippen LogP) is 2.94. The van der Waals surface area contributed by atoms with Gasteiger partial charge in [0, 0.05) is 23.6 Å². The van der Waals surface area contributed by atoms with Crippen LogP contribution in [0.25, 0.3) is 0 Å². The van der Waals surface area contributed by atoms with Gasteiger partial charge in [-0.05, 0) is 42.0 Å². The number of benzene rings is 2. The van der Waals surface area contributed by atoms with E-state index in [4.69, 9.17) is 18.9 Å². The minimum Gasteiger partial charge on any atom is -0.458 e. The second-order valence-electron chi connectivity index (χ2n) is 5.55. The Morgan fingerprint density at radius 2 is 1.43 bits per heavy atom. The first-order valence-corrected chi connectivity index (χ1v) is 8.64. The van der Waals surface area contributed by atoms with E-state index < -0.39 is 17.9 Å². The molecule has 0 amide bonds. The van der Waals surface area contributed by atoms with E-state index in [0.717, 1.165) is 17.7 Å². The Bertz CT molecular complexity index is 977. The molecule has 0 aromatic heterocycles. The third-order valence-electron chi connectivity index (χ3n) is 3.44. The van der Waals surface area contributed by atoms with Gasteiger partial charge in [-0.1, -0.05) is 31.2 Å². The fourth-order valence-electron chi connectivity index (χ4n) is 1.97.